The number of aromatic nitrogens is 2. The van der Waals surface area contributed by atoms with Gasteiger partial charge in [-0.1, -0.05) is 11.8 Å². The molecule has 1 N–H and O–H groups in total. The zero-order chi connectivity index (χ0) is 12.1. The summed E-state index contributed by atoms with van der Waals surface area (Å²) in [7, 11) is 0. The van der Waals surface area contributed by atoms with Crippen LogP contribution in [0.4, 0.5) is 0 Å². The Labute approximate surface area is 104 Å². The number of aliphatic carboxylic acids is 1. The first kappa shape index (κ1) is 12.4. The van der Waals surface area contributed by atoms with Crippen molar-refractivity contribution in [3.63, 3.8) is 0 Å². The van der Waals surface area contributed by atoms with Gasteiger partial charge in [-0.25, -0.2) is 4.98 Å². The average Bonchev–Trinajstić information content (AvgIpc) is 2.75. The van der Waals surface area contributed by atoms with Gasteiger partial charge in [-0.3, -0.25) is 4.79 Å². The van der Waals surface area contributed by atoms with E-state index in [1.54, 1.807) is 6.20 Å². The molecular formula is C11H16N2O3S. The first-order valence-corrected chi connectivity index (χ1v) is 6.67. The van der Waals surface area contributed by atoms with Gasteiger partial charge in [0, 0.05) is 31.5 Å². The van der Waals surface area contributed by atoms with Crippen LogP contribution < -0.4 is 0 Å². The standard InChI is InChI=1S/C11H16N2O3S/c14-10(15)8-17-11-12-3-4-13(11)6-9-2-1-5-16-7-9/h3-4,9H,1-2,5-8H2,(H,14,15). The molecule has 5 nitrogen and oxygen atoms in total. The van der Waals surface area contributed by atoms with Gasteiger partial charge in [-0.2, -0.15) is 0 Å². The Morgan fingerprint density at radius 1 is 1.71 bits per heavy atom. The van der Waals surface area contributed by atoms with E-state index in [2.05, 4.69) is 4.98 Å². The first-order chi connectivity index (χ1) is 8.25. The van der Waals surface area contributed by atoms with Crippen LogP contribution >= 0.6 is 11.8 Å². The van der Waals surface area contributed by atoms with Crippen molar-refractivity contribution in [2.75, 3.05) is 19.0 Å². The minimum atomic E-state index is -0.814. The Kier molecular flexibility index (Phi) is 4.44. The smallest absolute Gasteiger partial charge is 0.313 e. The van der Waals surface area contributed by atoms with E-state index in [0.717, 1.165) is 31.3 Å². The fourth-order valence-corrected chi connectivity index (χ4v) is 2.62. The van der Waals surface area contributed by atoms with Gasteiger partial charge >= 0.3 is 5.97 Å². The molecule has 0 aliphatic carbocycles. The summed E-state index contributed by atoms with van der Waals surface area (Å²) in [5.74, 6) is -0.245. The van der Waals surface area contributed by atoms with Crippen LogP contribution in [0.2, 0.25) is 0 Å². The van der Waals surface area contributed by atoms with Gasteiger partial charge in [0.2, 0.25) is 0 Å². The number of carboxylic acid groups (broad SMARTS) is 1. The van der Waals surface area contributed by atoms with Crippen molar-refractivity contribution in [3.05, 3.63) is 12.4 Å². The lowest BCUT2D eigenvalue weighted by molar-refractivity contribution is -0.133. The summed E-state index contributed by atoms with van der Waals surface area (Å²) in [6.45, 7) is 2.52. The first-order valence-electron chi connectivity index (χ1n) is 5.69. The maximum Gasteiger partial charge on any atom is 0.313 e. The summed E-state index contributed by atoms with van der Waals surface area (Å²) >= 11 is 1.26. The third kappa shape index (κ3) is 3.74. The molecule has 0 radical (unpaired) electrons. The Morgan fingerprint density at radius 2 is 2.59 bits per heavy atom. The Hall–Kier alpha value is -1.01. The van der Waals surface area contributed by atoms with Crippen molar-refractivity contribution in [3.8, 4) is 0 Å². The van der Waals surface area contributed by atoms with Gasteiger partial charge in [0.05, 0.1) is 12.4 Å². The molecule has 0 aromatic carbocycles. The van der Waals surface area contributed by atoms with Gasteiger partial charge in [0.25, 0.3) is 0 Å². The summed E-state index contributed by atoms with van der Waals surface area (Å²) in [6.07, 6.45) is 5.89. The number of rotatable bonds is 5. The number of nitrogens with zero attached hydrogens (tertiary/aromatic N) is 2. The van der Waals surface area contributed by atoms with Gasteiger partial charge in [-0.15, -0.1) is 0 Å². The molecule has 2 heterocycles. The van der Waals surface area contributed by atoms with Crippen LogP contribution in [0.5, 0.6) is 0 Å². The quantitative estimate of drug-likeness (QED) is 0.809. The predicted molar refractivity (Wildman–Crippen MR) is 64.1 cm³/mol. The molecule has 1 aliphatic heterocycles. The van der Waals surface area contributed by atoms with E-state index in [-0.39, 0.29) is 5.75 Å². The molecule has 1 atom stereocenters. The third-order valence-electron chi connectivity index (χ3n) is 2.71. The maximum absolute atomic E-state index is 10.5. The highest BCUT2D eigenvalue weighted by atomic mass is 32.2. The zero-order valence-corrected chi connectivity index (χ0v) is 10.4. The molecule has 1 fully saturated rings. The number of imidazole rings is 1. The molecule has 2 rings (SSSR count). The van der Waals surface area contributed by atoms with Crippen LogP contribution in [-0.2, 0) is 16.1 Å². The molecule has 1 aromatic rings. The highest BCUT2D eigenvalue weighted by Crippen LogP contribution is 2.20. The molecule has 1 saturated heterocycles. The van der Waals surface area contributed by atoms with E-state index in [1.165, 1.54) is 18.2 Å². The molecule has 0 bridgehead atoms. The van der Waals surface area contributed by atoms with E-state index in [1.807, 2.05) is 10.8 Å². The lowest BCUT2D eigenvalue weighted by atomic mass is 10.0. The summed E-state index contributed by atoms with van der Waals surface area (Å²) in [6, 6.07) is 0. The van der Waals surface area contributed by atoms with Crippen LogP contribution in [0.1, 0.15) is 12.8 Å². The highest BCUT2D eigenvalue weighted by Gasteiger charge is 2.16. The summed E-state index contributed by atoms with van der Waals surface area (Å²) in [5.41, 5.74) is 0. The van der Waals surface area contributed by atoms with Gasteiger partial charge in [0.1, 0.15) is 0 Å². The number of hydrogen-bond donors (Lipinski definition) is 1. The number of thioether (sulfide) groups is 1. The summed E-state index contributed by atoms with van der Waals surface area (Å²) in [5, 5.41) is 9.42. The van der Waals surface area contributed by atoms with Gasteiger partial charge in [-0.05, 0) is 12.8 Å². The zero-order valence-electron chi connectivity index (χ0n) is 9.54. The van der Waals surface area contributed by atoms with Crippen molar-refractivity contribution < 1.29 is 14.6 Å². The van der Waals surface area contributed by atoms with Crippen LogP contribution in [0, 0.1) is 5.92 Å². The number of carboxylic acids is 1. The second kappa shape index (κ2) is 6.07. The molecule has 1 aliphatic rings. The molecule has 0 spiro atoms. The minimum Gasteiger partial charge on any atom is -0.481 e. The molecule has 1 aromatic heterocycles. The van der Waals surface area contributed by atoms with E-state index in [4.69, 9.17) is 9.84 Å². The van der Waals surface area contributed by atoms with Crippen LogP contribution in [0.25, 0.3) is 0 Å². The second-order valence-electron chi connectivity index (χ2n) is 4.13. The fraction of sp³-hybridized carbons (Fsp3) is 0.636. The van der Waals surface area contributed by atoms with Crippen LogP contribution in [-0.4, -0.2) is 39.6 Å². The van der Waals surface area contributed by atoms with E-state index in [9.17, 15) is 4.79 Å². The normalized spacial score (nSPS) is 20.4. The highest BCUT2D eigenvalue weighted by molar-refractivity contribution is 7.99. The fourth-order valence-electron chi connectivity index (χ4n) is 1.93. The topological polar surface area (TPSA) is 64.3 Å². The lowest BCUT2D eigenvalue weighted by Crippen LogP contribution is -2.22. The number of ether oxygens (including phenoxy) is 1. The van der Waals surface area contributed by atoms with E-state index < -0.39 is 5.97 Å². The van der Waals surface area contributed by atoms with Crippen LogP contribution in [0.15, 0.2) is 17.6 Å². The SMILES string of the molecule is O=C(O)CSc1nccn1CC1CCCOC1. The molecular weight excluding hydrogens is 240 g/mol. The van der Waals surface area contributed by atoms with Gasteiger partial charge < -0.3 is 14.4 Å². The molecule has 0 saturated carbocycles. The van der Waals surface area contributed by atoms with Crippen molar-refractivity contribution in [1.29, 1.82) is 0 Å². The summed E-state index contributed by atoms with van der Waals surface area (Å²) in [4.78, 5) is 14.7. The Balaban J connectivity index is 1.91. The molecule has 94 valence electrons. The average molecular weight is 256 g/mol. The van der Waals surface area contributed by atoms with Crippen molar-refractivity contribution in [2.24, 2.45) is 5.92 Å². The minimum absolute atomic E-state index is 0.0537. The Morgan fingerprint density at radius 3 is 3.29 bits per heavy atom. The molecule has 0 amide bonds. The lowest BCUT2D eigenvalue weighted by Gasteiger charge is -2.22. The number of carbonyl (C=O) groups is 1. The monoisotopic (exact) mass is 256 g/mol. The van der Waals surface area contributed by atoms with Crippen LogP contribution in [0.3, 0.4) is 0 Å². The van der Waals surface area contributed by atoms with Crippen molar-refractivity contribution in [1.82, 2.24) is 9.55 Å². The molecule has 1 unspecified atom stereocenters. The summed E-state index contributed by atoms with van der Waals surface area (Å²) < 4.78 is 7.46. The van der Waals surface area contributed by atoms with E-state index in [0.29, 0.717) is 5.92 Å². The maximum atomic E-state index is 10.5. The Bertz CT molecular complexity index is 375. The number of hydrogen-bond acceptors (Lipinski definition) is 4. The predicted octanol–water partition coefficient (Wildman–Crippen LogP) is 1.49. The van der Waals surface area contributed by atoms with E-state index >= 15 is 0 Å². The second-order valence-corrected chi connectivity index (χ2v) is 5.07. The molecule has 6 heteroatoms. The van der Waals surface area contributed by atoms with Crippen molar-refractivity contribution >= 4 is 17.7 Å². The molecule has 17 heavy (non-hydrogen) atoms. The van der Waals surface area contributed by atoms with Crippen molar-refractivity contribution in [2.45, 2.75) is 24.5 Å². The van der Waals surface area contributed by atoms with Gasteiger partial charge in [0.15, 0.2) is 5.16 Å². The largest absolute Gasteiger partial charge is 0.481 e. The third-order valence-corrected chi connectivity index (χ3v) is 3.70.